The fourth-order valence-corrected chi connectivity index (χ4v) is 4.07. The number of carbonyl (C=O) groups excluding carboxylic acids is 1. The first-order valence-corrected chi connectivity index (χ1v) is 10.5. The molecule has 0 saturated heterocycles. The van der Waals surface area contributed by atoms with E-state index in [1.807, 2.05) is 48.5 Å². The van der Waals surface area contributed by atoms with Gasteiger partial charge in [0.1, 0.15) is 11.6 Å². The van der Waals surface area contributed by atoms with Gasteiger partial charge < -0.3 is 4.74 Å². The Morgan fingerprint density at radius 1 is 1.03 bits per heavy atom. The average Bonchev–Trinajstić information content (AvgIpc) is 3.17. The van der Waals surface area contributed by atoms with Gasteiger partial charge in [0.15, 0.2) is 11.7 Å². The summed E-state index contributed by atoms with van der Waals surface area (Å²) in [6.45, 7) is 4.07. The number of thiazole rings is 1. The second kappa shape index (κ2) is 8.63. The number of nitrogens with zero attached hydrogens (tertiary/aromatic N) is 2. The molecular weight excluding hydrogens is 399 g/mol. The van der Waals surface area contributed by atoms with E-state index in [2.05, 4.69) is 18.8 Å². The topological polar surface area (TPSA) is 42.4 Å². The lowest BCUT2D eigenvalue weighted by Gasteiger charge is -2.21. The Kier molecular flexibility index (Phi) is 5.77. The van der Waals surface area contributed by atoms with Crippen LogP contribution in [0.3, 0.4) is 0 Å². The van der Waals surface area contributed by atoms with Crippen LogP contribution in [0.15, 0.2) is 72.8 Å². The van der Waals surface area contributed by atoms with Crippen molar-refractivity contribution in [3.05, 3.63) is 84.2 Å². The molecule has 0 bridgehead atoms. The third-order valence-electron chi connectivity index (χ3n) is 4.72. The maximum Gasteiger partial charge on any atom is 0.271 e. The Morgan fingerprint density at radius 2 is 1.73 bits per heavy atom. The molecule has 4 aromatic rings. The predicted molar refractivity (Wildman–Crippen MR) is 119 cm³/mol. The van der Waals surface area contributed by atoms with Gasteiger partial charge in [-0.2, -0.15) is 0 Å². The molecule has 0 atom stereocenters. The van der Waals surface area contributed by atoms with Gasteiger partial charge in [0.2, 0.25) is 0 Å². The fourth-order valence-electron chi connectivity index (χ4n) is 3.07. The monoisotopic (exact) mass is 420 g/mol. The molecule has 6 heteroatoms. The Labute approximate surface area is 178 Å². The largest absolute Gasteiger partial charge is 0.484 e. The van der Waals surface area contributed by atoms with Crippen LogP contribution in [-0.4, -0.2) is 17.5 Å². The highest BCUT2D eigenvalue weighted by Gasteiger charge is 2.22. The number of fused-ring (bicyclic) bond motifs is 1. The van der Waals surface area contributed by atoms with E-state index in [1.165, 1.54) is 41.2 Å². The number of ether oxygens (including phenoxy) is 1. The average molecular weight is 421 g/mol. The summed E-state index contributed by atoms with van der Waals surface area (Å²) in [6.07, 6.45) is 0. The lowest BCUT2D eigenvalue weighted by atomic mass is 10.0. The first-order chi connectivity index (χ1) is 14.5. The molecule has 1 heterocycles. The van der Waals surface area contributed by atoms with Crippen molar-refractivity contribution in [2.24, 2.45) is 0 Å². The number of amides is 1. The molecule has 3 aromatic carbocycles. The highest BCUT2D eigenvalue weighted by atomic mass is 32.1. The number of anilines is 2. The van der Waals surface area contributed by atoms with E-state index >= 15 is 0 Å². The lowest BCUT2D eigenvalue weighted by Crippen LogP contribution is -2.30. The van der Waals surface area contributed by atoms with E-state index in [4.69, 9.17) is 4.74 Å². The van der Waals surface area contributed by atoms with Crippen LogP contribution >= 0.6 is 11.3 Å². The number of halogens is 1. The van der Waals surface area contributed by atoms with E-state index in [9.17, 15) is 9.18 Å². The zero-order valence-electron chi connectivity index (χ0n) is 16.7. The van der Waals surface area contributed by atoms with Gasteiger partial charge in [0.05, 0.1) is 15.9 Å². The molecule has 4 rings (SSSR count). The normalized spacial score (nSPS) is 11.1. The summed E-state index contributed by atoms with van der Waals surface area (Å²) >= 11 is 1.45. The Hall–Kier alpha value is -3.25. The molecule has 0 aliphatic heterocycles. The summed E-state index contributed by atoms with van der Waals surface area (Å²) < 4.78 is 19.7. The van der Waals surface area contributed by atoms with Crippen LogP contribution in [0.25, 0.3) is 10.2 Å². The van der Waals surface area contributed by atoms with Gasteiger partial charge >= 0.3 is 0 Å². The second-order valence-electron chi connectivity index (χ2n) is 7.18. The molecule has 0 unspecified atom stereocenters. The fraction of sp³-hybridized carbons (Fsp3) is 0.167. The van der Waals surface area contributed by atoms with E-state index in [1.54, 1.807) is 4.90 Å². The van der Waals surface area contributed by atoms with Crippen molar-refractivity contribution in [2.75, 3.05) is 11.5 Å². The molecule has 152 valence electrons. The predicted octanol–water partition coefficient (Wildman–Crippen LogP) is 6.30. The molecule has 0 aliphatic rings. The van der Waals surface area contributed by atoms with E-state index in [-0.39, 0.29) is 18.3 Å². The van der Waals surface area contributed by atoms with Crippen LogP contribution in [0.5, 0.6) is 5.75 Å². The lowest BCUT2D eigenvalue weighted by molar-refractivity contribution is -0.119. The van der Waals surface area contributed by atoms with Crippen molar-refractivity contribution in [1.29, 1.82) is 0 Å². The van der Waals surface area contributed by atoms with Gasteiger partial charge in [-0.05, 0) is 60.0 Å². The zero-order chi connectivity index (χ0) is 21.1. The summed E-state index contributed by atoms with van der Waals surface area (Å²) in [5.74, 6) is 0.224. The summed E-state index contributed by atoms with van der Waals surface area (Å²) in [5.41, 5.74) is 2.76. The van der Waals surface area contributed by atoms with Gasteiger partial charge in [0.25, 0.3) is 5.91 Å². The summed E-state index contributed by atoms with van der Waals surface area (Å²) in [6, 6.07) is 21.3. The first kappa shape index (κ1) is 20.0. The van der Waals surface area contributed by atoms with Crippen molar-refractivity contribution >= 4 is 38.3 Å². The van der Waals surface area contributed by atoms with Crippen molar-refractivity contribution in [1.82, 2.24) is 4.98 Å². The van der Waals surface area contributed by atoms with Crippen molar-refractivity contribution < 1.29 is 13.9 Å². The number of para-hydroxylation sites is 1. The van der Waals surface area contributed by atoms with Gasteiger partial charge in [-0.1, -0.05) is 49.4 Å². The van der Waals surface area contributed by atoms with Crippen molar-refractivity contribution in [2.45, 2.75) is 19.8 Å². The van der Waals surface area contributed by atoms with Crippen molar-refractivity contribution in [3.63, 3.8) is 0 Å². The minimum atomic E-state index is -0.352. The third kappa shape index (κ3) is 4.33. The van der Waals surface area contributed by atoms with E-state index < -0.39 is 0 Å². The molecule has 0 aliphatic carbocycles. The molecule has 1 amide bonds. The van der Waals surface area contributed by atoms with Crippen molar-refractivity contribution in [3.8, 4) is 5.75 Å². The number of rotatable bonds is 6. The highest BCUT2D eigenvalue weighted by molar-refractivity contribution is 7.22. The maximum absolute atomic E-state index is 13.2. The number of benzene rings is 3. The summed E-state index contributed by atoms with van der Waals surface area (Å²) in [4.78, 5) is 19.4. The summed E-state index contributed by atoms with van der Waals surface area (Å²) in [7, 11) is 0. The SMILES string of the molecule is CC(C)c1ccc(N(C(=O)COc2ccc(F)cc2)c2nc3ccccc3s2)cc1. The van der Waals surface area contributed by atoms with E-state index in [0.29, 0.717) is 16.8 Å². The molecule has 0 saturated carbocycles. The van der Waals surface area contributed by atoms with Crippen LogP contribution in [-0.2, 0) is 4.79 Å². The van der Waals surface area contributed by atoms with Crippen LogP contribution in [0.4, 0.5) is 15.2 Å². The molecule has 4 nitrogen and oxygen atoms in total. The molecule has 1 aromatic heterocycles. The summed E-state index contributed by atoms with van der Waals surface area (Å²) in [5, 5.41) is 0.584. The minimum Gasteiger partial charge on any atom is -0.484 e. The highest BCUT2D eigenvalue weighted by Crippen LogP contribution is 2.34. The third-order valence-corrected chi connectivity index (χ3v) is 5.74. The molecule has 0 fully saturated rings. The molecule has 0 radical (unpaired) electrons. The quantitative estimate of drug-likeness (QED) is 0.367. The number of hydrogen-bond acceptors (Lipinski definition) is 4. The number of carbonyl (C=O) groups is 1. The Bertz CT molecular complexity index is 1120. The minimum absolute atomic E-state index is 0.187. The van der Waals surface area contributed by atoms with Gasteiger partial charge in [-0.25, -0.2) is 9.37 Å². The number of aromatic nitrogens is 1. The van der Waals surface area contributed by atoms with Gasteiger partial charge in [0, 0.05) is 0 Å². The van der Waals surface area contributed by atoms with Crippen LogP contribution < -0.4 is 9.64 Å². The van der Waals surface area contributed by atoms with Gasteiger partial charge in [-0.15, -0.1) is 0 Å². The Morgan fingerprint density at radius 3 is 2.40 bits per heavy atom. The molecular formula is C24H21FN2O2S. The smallest absolute Gasteiger partial charge is 0.271 e. The molecule has 30 heavy (non-hydrogen) atoms. The van der Waals surface area contributed by atoms with Crippen LogP contribution in [0.2, 0.25) is 0 Å². The Balaban J connectivity index is 1.65. The van der Waals surface area contributed by atoms with Gasteiger partial charge in [-0.3, -0.25) is 9.69 Å². The number of hydrogen-bond donors (Lipinski definition) is 0. The zero-order valence-corrected chi connectivity index (χ0v) is 17.5. The maximum atomic E-state index is 13.2. The standard InChI is InChI=1S/C24H21FN2O2S/c1-16(2)17-7-11-19(12-8-17)27(24-26-21-5-3-4-6-22(21)30-24)23(28)15-29-20-13-9-18(25)10-14-20/h3-14,16H,15H2,1-2H3. The molecule has 0 spiro atoms. The van der Waals surface area contributed by atoms with E-state index in [0.717, 1.165) is 15.9 Å². The second-order valence-corrected chi connectivity index (χ2v) is 8.19. The first-order valence-electron chi connectivity index (χ1n) is 9.68. The molecule has 0 N–H and O–H groups in total. The van der Waals surface area contributed by atoms with Crippen LogP contribution in [0.1, 0.15) is 25.3 Å². The van der Waals surface area contributed by atoms with Crippen LogP contribution in [0, 0.1) is 5.82 Å².